The first-order chi connectivity index (χ1) is 12.4. The summed E-state index contributed by atoms with van der Waals surface area (Å²) >= 11 is 0. The smallest absolute Gasteiger partial charge is 0.193 e. The predicted molar refractivity (Wildman–Crippen MR) is 114 cm³/mol. The summed E-state index contributed by atoms with van der Waals surface area (Å²) in [6.45, 7) is 10.3. The summed E-state index contributed by atoms with van der Waals surface area (Å²) in [7, 11) is 1.88. The highest BCUT2D eigenvalue weighted by Crippen LogP contribution is 2.17. The fourth-order valence-corrected chi connectivity index (χ4v) is 3.85. The second kappa shape index (κ2) is 12.3. The van der Waals surface area contributed by atoms with Gasteiger partial charge in [-0.2, -0.15) is 0 Å². The Morgan fingerprint density at radius 1 is 1.15 bits per heavy atom. The van der Waals surface area contributed by atoms with Gasteiger partial charge < -0.3 is 24.4 Å². The third kappa shape index (κ3) is 6.78. The molecule has 2 unspecified atom stereocenters. The second-order valence-electron chi connectivity index (χ2n) is 7.17. The van der Waals surface area contributed by atoms with Crippen LogP contribution in [0.25, 0.3) is 0 Å². The number of aliphatic imine (C=N–C) groups is 1. The molecule has 0 aromatic carbocycles. The number of nitrogens with zero attached hydrogens (tertiary/aromatic N) is 3. The van der Waals surface area contributed by atoms with Crippen molar-refractivity contribution < 1.29 is 14.2 Å². The summed E-state index contributed by atoms with van der Waals surface area (Å²) in [5, 5.41) is 3.49. The zero-order valence-electron chi connectivity index (χ0n) is 16.0. The van der Waals surface area contributed by atoms with Crippen molar-refractivity contribution in [1.82, 2.24) is 15.1 Å². The van der Waals surface area contributed by atoms with E-state index in [0.29, 0.717) is 12.0 Å². The predicted octanol–water partition coefficient (Wildman–Crippen LogP) is 1.03. The first kappa shape index (κ1) is 22.1. The standard InChI is InChI=1S/C18H34N4O3.HI/c1-19-18(20-5-2-9-24-14-16-4-10-25-15-16)22-6-3-17(13-22)21-7-11-23-12-8-21;/h16-17H,2-15H2,1H3,(H,19,20);1H. The van der Waals surface area contributed by atoms with E-state index in [-0.39, 0.29) is 24.0 Å². The third-order valence-electron chi connectivity index (χ3n) is 5.36. The number of nitrogens with one attached hydrogen (secondary N) is 1. The van der Waals surface area contributed by atoms with Crippen molar-refractivity contribution in [1.29, 1.82) is 0 Å². The number of guanidine groups is 1. The molecule has 3 heterocycles. The van der Waals surface area contributed by atoms with E-state index in [2.05, 4.69) is 20.1 Å². The van der Waals surface area contributed by atoms with Gasteiger partial charge in [0.25, 0.3) is 0 Å². The van der Waals surface area contributed by atoms with Crippen LogP contribution in [0.2, 0.25) is 0 Å². The Labute approximate surface area is 174 Å². The van der Waals surface area contributed by atoms with E-state index >= 15 is 0 Å². The zero-order valence-corrected chi connectivity index (χ0v) is 18.4. The molecule has 1 N–H and O–H groups in total. The minimum atomic E-state index is 0. The second-order valence-corrected chi connectivity index (χ2v) is 7.17. The van der Waals surface area contributed by atoms with Crippen molar-refractivity contribution in [3.05, 3.63) is 0 Å². The van der Waals surface area contributed by atoms with Gasteiger partial charge in [0.05, 0.1) is 26.4 Å². The molecule has 0 aromatic heterocycles. The van der Waals surface area contributed by atoms with Crippen LogP contribution in [0, 0.1) is 5.92 Å². The van der Waals surface area contributed by atoms with Crippen molar-refractivity contribution >= 4 is 29.9 Å². The molecule has 0 aliphatic carbocycles. The van der Waals surface area contributed by atoms with Gasteiger partial charge in [0.15, 0.2) is 5.96 Å². The van der Waals surface area contributed by atoms with Crippen molar-refractivity contribution in [2.24, 2.45) is 10.9 Å². The van der Waals surface area contributed by atoms with Gasteiger partial charge in [0.2, 0.25) is 0 Å². The summed E-state index contributed by atoms with van der Waals surface area (Å²) in [4.78, 5) is 9.41. The van der Waals surface area contributed by atoms with Crippen LogP contribution >= 0.6 is 24.0 Å². The summed E-state index contributed by atoms with van der Waals surface area (Å²) < 4.78 is 16.6. The fourth-order valence-electron chi connectivity index (χ4n) is 3.85. The topological polar surface area (TPSA) is 58.6 Å². The molecule has 0 spiro atoms. The highest BCUT2D eigenvalue weighted by molar-refractivity contribution is 14.0. The van der Waals surface area contributed by atoms with Gasteiger partial charge in [-0.1, -0.05) is 0 Å². The number of hydrogen-bond acceptors (Lipinski definition) is 5. The Bertz CT molecular complexity index is 415. The van der Waals surface area contributed by atoms with Crippen molar-refractivity contribution in [3.63, 3.8) is 0 Å². The molecule has 26 heavy (non-hydrogen) atoms. The number of rotatable bonds is 7. The third-order valence-corrected chi connectivity index (χ3v) is 5.36. The van der Waals surface area contributed by atoms with E-state index in [1.54, 1.807) is 0 Å². The Kier molecular flexibility index (Phi) is 10.5. The van der Waals surface area contributed by atoms with E-state index in [1.807, 2.05) is 7.05 Å². The lowest BCUT2D eigenvalue weighted by Crippen LogP contribution is -2.46. The minimum Gasteiger partial charge on any atom is -0.381 e. The fraction of sp³-hybridized carbons (Fsp3) is 0.944. The molecule has 0 radical (unpaired) electrons. The van der Waals surface area contributed by atoms with Crippen LogP contribution in [0.4, 0.5) is 0 Å². The molecule has 3 rings (SSSR count). The van der Waals surface area contributed by atoms with Gasteiger partial charge in [-0.25, -0.2) is 0 Å². The highest BCUT2D eigenvalue weighted by Gasteiger charge is 2.30. The Hall–Kier alpha value is -0.160. The summed E-state index contributed by atoms with van der Waals surface area (Å²) in [6, 6.07) is 0.638. The summed E-state index contributed by atoms with van der Waals surface area (Å²) in [5.74, 6) is 1.63. The monoisotopic (exact) mass is 482 g/mol. The van der Waals surface area contributed by atoms with Crippen LogP contribution in [-0.4, -0.2) is 101 Å². The van der Waals surface area contributed by atoms with Crippen LogP contribution in [0.3, 0.4) is 0 Å². The van der Waals surface area contributed by atoms with Crippen LogP contribution in [0.15, 0.2) is 4.99 Å². The first-order valence-corrected chi connectivity index (χ1v) is 9.79. The van der Waals surface area contributed by atoms with E-state index in [1.165, 1.54) is 6.42 Å². The molecular formula is C18H35IN4O3. The van der Waals surface area contributed by atoms with Crippen LogP contribution in [-0.2, 0) is 14.2 Å². The highest BCUT2D eigenvalue weighted by atomic mass is 127. The Morgan fingerprint density at radius 2 is 2.00 bits per heavy atom. The van der Waals surface area contributed by atoms with Crippen LogP contribution < -0.4 is 5.32 Å². The number of morpholine rings is 1. The van der Waals surface area contributed by atoms with Crippen molar-refractivity contribution in [2.75, 3.05) is 79.4 Å². The van der Waals surface area contributed by atoms with Crippen LogP contribution in [0.5, 0.6) is 0 Å². The normalized spacial score (nSPS) is 27.6. The van der Waals surface area contributed by atoms with E-state index in [0.717, 1.165) is 91.2 Å². The van der Waals surface area contributed by atoms with Gasteiger partial charge in [-0.05, 0) is 19.3 Å². The number of hydrogen-bond donors (Lipinski definition) is 1. The quantitative estimate of drug-likeness (QED) is 0.253. The van der Waals surface area contributed by atoms with Gasteiger partial charge in [0.1, 0.15) is 0 Å². The molecule has 0 bridgehead atoms. The van der Waals surface area contributed by atoms with Gasteiger partial charge in [0, 0.05) is 64.9 Å². The SMILES string of the molecule is CN=C(NCCCOCC1CCOC1)N1CCC(N2CCOCC2)C1.I. The molecule has 3 aliphatic rings. The summed E-state index contributed by atoms with van der Waals surface area (Å²) in [6.07, 6.45) is 3.37. The number of ether oxygens (including phenoxy) is 3. The maximum absolute atomic E-state index is 5.76. The molecule has 3 saturated heterocycles. The molecular weight excluding hydrogens is 447 g/mol. The van der Waals surface area contributed by atoms with Crippen molar-refractivity contribution in [2.45, 2.75) is 25.3 Å². The lowest BCUT2D eigenvalue weighted by Gasteiger charge is -2.32. The maximum atomic E-state index is 5.76. The van der Waals surface area contributed by atoms with Gasteiger partial charge in [-0.3, -0.25) is 9.89 Å². The van der Waals surface area contributed by atoms with Crippen LogP contribution in [0.1, 0.15) is 19.3 Å². The van der Waals surface area contributed by atoms with E-state index < -0.39 is 0 Å². The summed E-state index contributed by atoms with van der Waals surface area (Å²) in [5.41, 5.74) is 0. The molecule has 8 heteroatoms. The first-order valence-electron chi connectivity index (χ1n) is 9.79. The minimum absolute atomic E-state index is 0. The molecule has 0 aromatic rings. The average molecular weight is 482 g/mol. The zero-order chi connectivity index (χ0) is 17.3. The van der Waals surface area contributed by atoms with Crippen molar-refractivity contribution in [3.8, 4) is 0 Å². The number of halogens is 1. The van der Waals surface area contributed by atoms with E-state index in [9.17, 15) is 0 Å². The van der Waals surface area contributed by atoms with E-state index in [4.69, 9.17) is 14.2 Å². The molecule has 152 valence electrons. The Balaban J connectivity index is 0.00000243. The molecule has 0 saturated carbocycles. The molecule has 7 nitrogen and oxygen atoms in total. The molecule has 3 fully saturated rings. The maximum Gasteiger partial charge on any atom is 0.193 e. The van der Waals surface area contributed by atoms with Gasteiger partial charge >= 0.3 is 0 Å². The molecule has 2 atom stereocenters. The molecule has 0 amide bonds. The number of likely N-dealkylation sites (tertiary alicyclic amines) is 1. The lowest BCUT2D eigenvalue weighted by molar-refractivity contribution is 0.0195. The lowest BCUT2D eigenvalue weighted by atomic mass is 10.1. The Morgan fingerprint density at radius 3 is 2.73 bits per heavy atom. The molecule has 3 aliphatic heterocycles. The van der Waals surface area contributed by atoms with Gasteiger partial charge in [-0.15, -0.1) is 24.0 Å². The largest absolute Gasteiger partial charge is 0.381 e. The average Bonchev–Trinajstić information content (AvgIpc) is 3.34.